The molecule has 0 amide bonds. The number of nitrogens with one attached hydrogen (secondary N) is 1. The number of anilines is 1. The molecule has 4 nitrogen and oxygen atoms in total. The predicted molar refractivity (Wildman–Crippen MR) is 80.8 cm³/mol. The standard InChI is InChI=1S/C13H17ClN4S/c1-9(10-4-6-11(14)7-5-10)18(3)8-12-16-17-13(15-2)19-12/h4-7,9H,8H2,1-3H3,(H,15,17). The van der Waals surface area contributed by atoms with Gasteiger partial charge >= 0.3 is 0 Å². The highest BCUT2D eigenvalue weighted by molar-refractivity contribution is 7.15. The first-order chi connectivity index (χ1) is 9.10. The molecular weight excluding hydrogens is 280 g/mol. The maximum absolute atomic E-state index is 5.91. The number of benzene rings is 1. The quantitative estimate of drug-likeness (QED) is 0.918. The van der Waals surface area contributed by atoms with E-state index in [0.29, 0.717) is 6.04 Å². The van der Waals surface area contributed by atoms with E-state index in [2.05, 4.69) is 46.5 Å². The van der Waals surface area contributed by atoms with E-state index in [1.54, 1.807) is 11.3 Å². The van der Waals surface area contributed by atoms with E-state index in [0.717, 1.165) is 21.7 Å². The molecule has 0 bridgehead atoms. The summed E-state index contributed by atoms with van der Waals surface area (Å²) in [5.41, 5.74) is 1.24. The molecule has 102 valence electrons. The summed E-state index contributed by atoms with van der Waals surface area (Å²) in [6.07, 6.45) is 0. The molecule has 2 aromatic rings. The van der Waals surface area contributed by atoms with Crippen molar-refractivity contribution < 1.29 is 0 Å². The summed E-state index contributed by atoms with van der Waals surface area (Å²) < 4.78 is 0. The molecule has 1 atom stereocenters. The van der Waals surface area contributed by atoms with Crippen molar-refractivity contribution in [2.75, 3.05) is 19.4 Å². The minimum absolute atomic E-state index is 0.305. The third kappa shape index (κ3) is 3.65. The lowest BCUT2D eigenvalue weighted by molar-refractivity contribution is 0.252. The number of hydrogen-bond donors (Lipinski definition) is 1. The molecule has 0 aliphatic rings. The molecular formula is C13H17ClN4S. The molecule has 19 heavy (non-hydrogen) atoms. The Morgan fingerprint density at radius 1 is 1.32 bits per heavy atom. The summed E-state index contributed by atoms with van der Waals surface area (Å²) in [7, 11) is 3.93. The van der Waals surface area contributed by atoms with Crippen LogP contribution >= 0.6 is 22.9 Å². The minimum atomic E-state index is 0.305. The molecule has 0 radical (unpaired) electrons. The normalized spacial score (nSPS) is 12.7. The van der Waals surface area contributed by atoms with Crippen molar-refractivity contribution in [3.05, 3.63) is 39.9 Å². The highest BCUT2D eigenvalue weighted by Gasteiger charge is 2.14. The van der Waals surface area contributed by atoms with Gasteiger partial charge in [-0.15, -0.1) is 10.2 Å². The molecule has 0 spiro atoms. The number of nitrogens with zero attached hydrogens (tertiary/aromatic N) is 3. The first kappa shape index (κ1) is 14.2. The zero-order valence-corrected chi connectivity index (χ0v) is 12.8. The van der Waals surface area contributed by atoms with E-state index in [9.17, 15) is 0 Å². The van der Waals surface area contributed by atoms with E-state index in [1.807, 2.05) is 19.2 Å². The third-order valence-corrected chi connectivity index (χ3v) is 4.26. The fourth-order valence-electron chi connectivity index (χ4n) is 1.76. The van der Waals surface area contributed by atoms with Crippen LogP contribution in [0.4, 0.5) is 5.13 Å². The topological polar surface area (TPSA) is 41.1 Å². The highest BCUT2D eigenvalue weighted by atomic mass is 35.5. The van der Waals surface area contributed by atoms with Gasteiger partial charge in [-0.05, 0) is 31.7 Å². The molecule has 0 fully saturated rings. The first-order valence-electron chi connectivity index (χ1n) is 6.06. The van der Waals surface area contributed by atoms with E-state index in [1.165, 1.54) is 5.56 Å². The summed E-state index contributed by atoms with van der Waals surface area (Å²) in [4.78, 5) is 2.24. The maximum Gasteiger partial charge on any atom is 0.205 e. The number of rotatable bonds is 5. The van der Waals surface area contributed by atoms with Gasteiger partial charge in [-0.25, -0.2) is 0 Å². The third-order valence-electron chi connectivity index (χ3n) is 3.08. The van der Waals surface area contributed by atoms with Crippen LogP contribution in [-0.4, -0.2) is 29.2 Å². The Kier molecular flexibility index (Phi) is 4.74. The van der Waals surface area contributed by atoms with Crippen LogP contribution < -0.4 is 5.32 Å². The van der Waals surface area contributed by atoms with Crippen LogP contribution in [0.15, 0.2) is 24.3 Å². The predicted octanol–water partition coefficient (Wildman–Crippen LogP) is 3.43. The molecule has 0 aliphatic carbocycles. The lowest BCUT2D eigenvalue weighted by atomic mass is 10.1. The SMILES string of the molecule is CNc1nnc(CN(C)C(C)c2ccc(Cl)cc2)s1. The lowest BCUT2D eigenvalue weighted by Gasteiger charge is -2.23. The van der Waals surface area contributed by atoms with Crippen LogP contribution in [0.1, 0.15) is 23.5 Å². The van der Waals surface area contributed by atoms with Gasteiger partial charge in [0.1, 0.15) is 5.01 Å². The van der Waals surface area contributed by atoms with E-state index < -0.39 is 0 Å². The van der Waals surface area contributed by atoms with Crippen LogP contribution in [0.25, 0.3) is 0 Å². The van der Waals surface area contributed by atoms with Crippen molar-refractivity contribution in [1.29, 1.82) is 0 Å². The largest absolute Gasteiger partial charge is 0.363 e. The molecule has 1 heterocycles. The fourth-order valence-corrected chi connectivity index (χ4v) is 2.65. The van der Waals surface area contributed by atoms with Gasteiger partial charge in [-0.1, -0.05) is 35.1 Å². The Bertz CT molecular complexity index is 526. The Labute approximate surface area is 122 Å². The van der Waals surface area contributed by atoms with Gasteiger partial charge in [0.2, 0.25) is 5.13 Å². The highest BCUT2D eigenvalue weighted by Crippen LogP contribution is 2.24. The van der Waals surface area contributed by atoms with Crippen LogP contribution in [0.5, 0.6) is 0 Å². The number of hydrogen-bond acceptors (Lipinski definition) is 5. The van der Waals surface area contributed by atoms with Crippen molar-refractivity contribution in [3.63, 3.8) is 0 Å². The fraction of sp³-hybridized carbons (Fsp3) is 0.385. The van der Waals surface area contributed by atoms with Crippen molar-refractivity contribution in [3.8, 4) is 0 Å². The summed E-state index contributed by atoms with van der Waals surface area (Å²) in [5.74, 6) is 0. The van der Waals surface area contributed by atoms with Gasteiger partial charge in [-0.3, -0.25) is 4.90 Å². The lowest BCUT2D eigenvalue weighted by Crippen LogP contribution is -2.21. The molecule has 1 aromatic carbocycles. The van der Waals surface area contributed by atoms with Crippen LogP contribution in [0, 0.1) is 0 Å². The zero-order valence-electron chi connectivity index (χ0n) is 11.2. The summed E-state index contributed by atoms with van der Waals surface area (Å²) >= 11 is 7.49. The molecule has 1 aromatic heterocycles. The molecule has 0 saturated carbocycles. The molecule has 1 unspecified atom stereocenters. The molecule has 2 rings (SSSR count). The Morgan fingerprint density at radius 3 is 2.58 bits per heavy atom. The second-order valence-corrected chi connectivity index (χ2v) is 5.89. The second-order valence-electron chi connectivity index (χ2n) is 4.39. The smallest absolute Gasteiger partial charge is 0.205 e. The molecule has 6 heteroatoms. The summed E-state index contributed by atoms with van der Waals surface area (Å²) in [5, 5.41) is 13.8. The average molecular weight is 297 g/mol. The van der Waals surface area contributed by atoms with Gasteiger partial charge in [0.25, 0.3) is 0 Å². The van der Waals surface area contributed by atoms with Crippen molar-refractivity contribution in [2.45, 2.75) is 19.5 Å². The Balaban J connectivity index is 2.02. The second kappa shape index (κ2) is 6.32. The molecule has 0 aliphatic heterocycles. The maximum atomic E-state index is 5.91. The number of aromatic nitrogens is 2. The Morgan fingerprint density at radius 2 is 2.00 bits per heavy atom. The van der Waals surface area contributed by atoms with E-state index >= 15 is 0 Å². The van der Waals surface area contributed by atoms with Crippen molar-refractivity contribution >= 4 is 28.1 Å². The van der Waals surface area contributed by atoms with Crippen molar-refractivity contribution in [1.82, 2.24) is 15.1 Å². The van der Waals surface area contributed by atoms with E-state index in [4.69, 9.17) is 11.6 Å². The molecule has 0 saturated heterocycles. The van der Waals surface area contributed by atoms with Gasteiger partial charge in [0, 0.05) is 18.1 Å². The minimum Gasteiger partial charge on any atom is -0.363 e. The zero-order chi connectivity index (χ0) is 13.8. The van der Waals surface area contributed by atoms with Crippen LogP contribution in [-0.2, 0) is 6.54 Å². The van der Waals surface area contributed by atoms with Gasteiger partial charge < -0.3 is 5.32 Å². The van der Waals surface area contributed by atoms with Crippen LogP contribution in [0.3, 0.4) is 0 Å². The summed E-state index contributed by atoms with van der Waals surface area (Å²) in [6, 6.07) is 8.26. The Hall–Kier alpha value is -1.17. The first-order valence-corrected chi connectivity index (χ1v) is 7.25. The van der Waals surface area contributed by atoms with E-state index in [-0.39, 0.29) is 0 Å². The summed E-state index contributed by atoms with van der Waals surface area (Å²) in [6.45, 7) is 2.95. The van der Waals surface area contributed by atoms with Gasteiger partial charge in [0.15, 0.2) is 0 Å². The molecule has 1 N–H and O–H groups in total. The van der Waals surface area contributed by atoms with Crippen LogP contribution in [0.2, 0.25) is 5.02 Å². The van der Waals surface area contributed by atoms with Gasteiger partial charge in [0.05, 0.1) is 6.54 Å². The van der Waals surface area contributed by atoms with Crippen molar-refractivity contribution in [2.24, 2.45) is 0 Å². The van der Waals surface area contributed by atoms with Gasteiger partial charge in [-0.2, -0.15) is 0 Å². The monoisotopic (exact) mass is 296 g/mol. The average Bonchev–Trinajstić information content (AvgIpc) is 2.86. The number of halogens is 1.